The van der Waals surface area contributed by atoms with Gasteiger partial charge in [-0.25, -0.2) is 4.98 Å². The van der Waals surface area contributed by atoms with Crippen molar-refractivity contribution in [2.45, 2.75) is 20.3 Å². The molecule has 0 fully saturated rings. The van der Waals surface area contributed by atoms with Crippen molar-refractivity contribution >= 4 is 29.3 Å². The van der Waals surface area contributed by atoms with E-state index in [1.165, 1.54) is 5.57 Å². The van der Waals surface area contributed by atoms with E-state index in [2.05, 4.69) is 23.0 Å². The third-order valence-electron chi connectivity index (χ3n) is 3.64. The van der Waals surface area contributed by atoms with E-state index in [-0.39, 0.29) is 0 Å². The second-order valence-corrected chi connectivity index (χ2v) is 6.75. The van der Waals surface area contributed by atoms with Gasteiger partial charge in [0.1, 0.15) is 17.3 Å². The molecule has 5 heteroatoms. The van der Waals surface area contributed by atoms with Gasteiger partial charge in [-0.3, -0.25) is 0 Å². The van der Waals surface area contributed by atoms with Crippen LogP contribution in [-0.4, -0.2) is 9.97 Å². The first-order valence-corrected chi connectivity index (χ1v) is 8.66. The summed E-state index contributed by atoms with van der Waals surface area (Å²) in [6, 6.07) is 13.0. The minimum Gasteiger partial charge on any atom is -0.456 e. The van der Waals surface area contributed by atoms with E-state index in [0.717, 1.165) is 29.3 Å². The Kier molecular flexibility index (Phi) is 5.47. The topological polar surface area (TPSA) is 37.9 Å². The van der Waals surface area contributed by atoms with E-state index in [1.54, 1.807) is 18.2 Å². The van der Waals surface area contributed by atoms with Crippen molar-refractivity contribution in [2.24, 2.45) is 0 Å². The number of nitrogens with one attached hydrogen (secondary N) is 1. The average molecular weight is 373 g/mol. The summed E-state index contributed by atoms with van der Waals surface area (Å²) in [5.41, 5.74) is 3.48. The van der Waals surface area contributed by atoms with Crippen molar-refractivity contribution in [3.05, 3.63) is 81.4 Å². The quantitative estimate of drug-likeness (QED) is 0.557. The highest BCUT2D eigenvalue weighted by Crippen LogP contribution is 2.31. The average Bonchev–Trinajstić information content (AvgIpc) is 2.96. The molecule has 2 aromatic carbocycles. The van der Waals surface area contributed by atoms with Crippen LogP contribution in [0.1, 0.15) is 24.0 Å². The second-order valence-electron chi connectivity index (χ2n) is 5.91. The molecule has 1 N–H and O–H groups in total. The molecule has 1 heterocycles. The highest BCUT2D eigenvalue weighted by Gasteiger charge is 2.04. The number of aromatic nitrogens is 2. The standard InChI is InChI=1S/C20H18Cl2N2O/c1-13(10-17-12-23-14(2)24-17)9-15-3-6-18(7-4-15)25-20-8-5-16(21)11-19(20)22/h3-9,11-12H,10H2,1-2H3,(H,23,24). The Morgan fingerprint density at radius 3 is 2.56 bits per heavy atom. The SMILES string of the molecule is CC(=Cc1ccc(Oc2ccc(Cl)cc2Cl)cc1)Cc1cnc(C)[nH]1. The zero-order valence-electron chi connectivity index (χ0n) is 14.0. The Morgan fingerprint density at radius 2 is 1.92 bits per heavy atom. The summed E-state index contributed by atoms with van der Waals surface area (Å²) in [6.45, 7) is 4.06. The normalized spacial score (nSPS) is 11.6. The Hall–Kier alpha value is -2.23. The zero-order valence-corrected chi connectivity index (χ0v) is 15.5. The van der Waals surface area contributed by atoms with Gasteiger partial charge in [-0.05, 0) is 49.7 Å². The Labute approximate surface area is 157 Å². The number of aryl methyl sites for hydroxylation is 1. The number of benzene rings is 2. The molecule has 0 aliphatic heterocycles. The summed E-state index contributed by atoms with van der Waals surface area (Å²) in [5, 5.41) is 1.07. The molecule has 0 saturated carbocycles. The number of H-pyrrole nitrogens is 1. The van der Waals surface area contributed by atoms with Gasteiger partial charge in [-0.2, -0.15) is 0 Å². The highest BCUT2D eigenvalue weighted by atomic mass is 35.5. The lowest BCUT2D eigenvalue weighted by atomic mass is 10.1. The third kappa shape index (κ3) is 4.88. The van der Waals surface area contributed by atoms with Crippen molar-refractivity contribution in [2.75, 3.05) is 0 Å². The zero-order chi connectivity index (χ0) is 17.8. The van der Waals surface area contributed by atoms with Gasteiger partial charge in [0.05, 0.1) is 5.02 Å². The predicted octanol–water partition coefficient (Wildman–Crippen LogP) is 6.46. The first kappa shape index (κ1) is 17.6. The van der Waals surface area contributed by atoms with Gasteiger partial charge >= 0.3 is 0 Å². The summed E-state index contributed by atoms with van der Waals surface area (Å²) in [5.74, 6) is 2.24. The first-order chi connectivity index (χ1) is 12.0. The third-order valence-corrected chi connectivity index (χ3v) is 4.17. The van der Waals surface area contributed by atoms with Crippen LogP contribution in [0.4, 0.5) is 0 Å². The van der Waals surface area contributed by atoms with Crippen LogP contribution < -0.4 is 4.74 Å². The first-order valence-electron chi connectivity index (χ1n) is 7.90. The van der Waals surface area contributed by atoms with E-state index < -0.39 is 0 Å². The van der Waals surface area contributed by atoms with Crippen LogP contribution in [0.5, 0.6) is 11.5 Å². The predicted molar refractivity (Wildman–Crippen MR) is 104 cm³/mol. The number of aromatic amines is 1. The molecule has 3 nitrogen and oxygen atoms in total. The molecule has 0 radical (unpaired) electrons. The molecule has 128 valence electrons. The van der Waals surface area contributed by atoms with Crippen LogP contribution in [0.3, 0.4) is 0 Å². The number of ether oxygens (including phenoxy) is 1. The molecular formula is C20H18Cl2N2O. The van der Waals surface area contributed by atoms with Gasteiger partial charge in [0.15, 0.2) is 0 Å². The Morgan fingerprint density at radius 1 is 1.16 bits per heavy atom. The second kappa shape index (κ2) is 7.77. The maximum atomic E-state index is 6.13. The van der Waals surface area contributed by atoms with Crippen LogP contribution in [-0.2, 0) is 6.42 Å². The molecule has 25 heavy (non-hydrogen) atoms. The fourth-order valence-electron chi connectivity index (χ4n) is 2.51. The van der Waals surface area contributed by atoms with Crippen molar-refractivity contribution in [3.8, 4) is 11.5 Å². The summed E-state index contributed by atoms with van der Waals surface area (Å²) in [4.78, 5) is 7.47. The number of nitrogens with zero attached hydrogens (tertiary/aromatic N) is 1. The van der Waals surface area contributed by atoms with Crippen molar-refractivity contribution in [1.82, 2.24) is 9.97 Å². The smallest absolute Gasteiger partial charge is 0.146 e. The molecule has 0 bridgehead atoms. The monoisotopic (exact) mass is 372 g/mol. The number of imidazole rings is 1. The number of rotatable bonds is 5. The maximum Gasteiger partial charge on any atom is 0.146 e. The lowest BCUT2D eigenvalue weighted by Crippen LogP contribution is -1.88. The van der Waals surface area contributed by atoms with Crippen molar-refractivity contribution in [1.29, 1.82) is 0 Å². The van der Waals surface area contributed by atoms with Crippen LogP contribution >= 0.6 is 23.2 Å². The van der Waals surface area contributed by atoms with Gasteiger partial charge in [0, 0.05) is 23.3 Å². The van der Waals surface area contributed by atoms with Crippen LogP contribution in [0.25, 0.3) is 6.08 Å². The lowest BCUT2D eigenvalue weighted by molar-refractivity contribution is 0.483. The summed E-state index contributed by atoms with van der Waals surface area (Å²) >= 11 is 12.0. The molecule has 0 aliphatic rings. The van der Waals surface area contributed by atoms with Crippen molar-refractivity contribution in [3.63, 3.8) is 0 Å². The number of hydrogen-bond donors (Lipinski definition) is 1. The van der Waals surface area contributed by atoms with E-state index in [4.69, 9.17) is 27.9 Å². The Balaban J connectivity index is 1.68. The fourth-order valence-corrected chi connectivity index (χ4v) is 2.96. The summed E-state index contributed by atoms with van der Waals surface area (Å²) in [6.07, 6.45) is 4.87. The fraction of sp³-hybridized carbons (Fsp3) is 0.150. The van der Waals surface area contributed by atoms with Gasteiger partial charge in [0.25, 0.3) is 0 Å². The van der Waals surface area contributed by atoms with E-state index in [1.807, 2.05) is 37.4 Å². The molecular weight excluding hydrogens is 355 g/mol. The van der Waals surface area contributed by atoms with Crippen LogP contribution in [0, 0.1) is 6.92 Å². The molecule has 1 aromatic heterocycles. The molecule has 0 aliphatic carbocycles. The molecule has 0 atom stereocenters. The largest absolute Gasteiger partial charge is 0.456 e. The van der Waals surface area contributed by atoms with Gasteiger partial charge in [-0.1, -0.05) is 47.0 Å². The van der Waals surface area contributed by atoms with Crippen molar-refractivity contribution < 1.29 is 4.74 Å². The molecule has 0 amide bonds. The van der Waals surface area contributed by atoms with Crippen LogP contribution in [0.15, 0.2) is 54.2 Å². The van der Waals surface area contributed by atoms with E-state index in [9.17, 15) is 0 Å². The molecule has 0 saturated heterocycles. The van der Waals surface area contributed by atoms with Gasteiger partial charge < -0.3 is 9.72 Å². The minimum absolute atomic E-state index is 0.488. The Bertz CT molecular complexity index is 898. The number of halogens is 2. The van der Waals surface area contributed by atoms with Crippen LogP contribution in [0.2, 0.25) is 10.0 Å². The summed E-state index contributed by atoms with van der Waals surface area (Å²) in [7, 11) is 0. The van der Waals surface area contributed by atoms with E-state index in [0.29, 0.717) is 15.8 Å². The number of hydrogen-bond acceptors (Lipinski definition) is 2. The molecule has 3 aromatic rings. The lowest BCUT2D eigenvalue weighted by Gasteiger charge is -2.08. The summed E-state index contributed by atoms with van der Waals surface area (Å²) < 4.78 is 5.80. The molecule has 0 unspecified atom stereocenters. The number of allylic oxidation sites excluding steroid dienone is 1. The van der Waals surface area contributed by atoms with Gasteiger partial charge in [-0.15, -0.1) is 0 Å². The minimum atomic E-state index is 0.488. The molecule has 3 rings (SSSR count). The van der Waals surface area contributed by atoms with Gasteiger partial charge in [0.2, 0.25) is 0 Å². The highest BCUT2D eigenvalue weighted by molar-refractivity contribution is 6.35. The maximum absolute atomic E-state index is 6.13. The van der Waals surface area contributed by atoms with E-state index >= 15 is 0 Å². The molecule has 0 spiro atoms.